The summed E-state index contributed by atoms with van der Waals surface area (Å²) in [4.78, 5) is 4.07. The molecule has 0 atom stereocenters. The first-order valence-corrected chi connectivity index (χ1v) is 7.33. The lowest BCUT2D eigenvalue weighted by molar-refractivity contribution is 0.283. The quantitative estimate of drug-likeness (QED) is 0.695. The van der Waals surface area contributed by atoms with Crippen molar-refractivity contribution in [2.24, 2.45) is 0 Å². The average molecular weight is 302 g/mol. The molecule has 0 aliphatic heterocycles. The van der Waals surface area contributed by atoms with E-state index >= 15 is 0 Å². The van der Waals surface area contributed by atoms with Gasteiger partial charge in [0, 0.05) is 31.1 Å². The van der Waals surface area contributed by atoms with Crippen molar-refractivity contribution in [3.05, 3.63) is 53.9 Å². The first kappa shape index (κ1) is 16.3. The number of benzene rings is 1. The molecule has 118 valence electrons. The van der Waals surface area contributed by atoms with Crippen molar-refractivity contribution in [1.82, 2.24) is 10.3 Å². The number of aromatic nitrogens is 1. The molecule has 0 spiro atoms. The van der Waals surface area contributed by atoms with Gasteiger partial charge in [-0.25, -0.2) is 0 Å². The van der Waals surface area contributed by atoms with E-state index in [1.54, 1.807) is 19.5 Å². The predicted octanol–water partition coefficient (Wildman–Crippen LogP) is 2.14. The monoisotopic (exact) mass is 302 g/mol. The normalized spacial score (nSPS) is 10.5. The third kappa shape index (κ3) is 5.02. The summed E-state index contributed by atoms with van der Waals surface area (Å²) in [6, 6.07) is 9.74. The minimum absolute atomic E-state index is 0.203. The minimum atomic E-state index is 0.203. The number of methoxy groups -OCH3 is 1. The van der Waals surface area contributed by atoms with Gasteiger partial charge < -0.3 is 19.9 Å². The fourth-order valence-electron chi connectivity index (χ4n) is 2.03. The number of rotatable bonds is 9. The zero-order valence-electron chi connectivity index (χ0n) is 12.8. The van der Waals surface area contributed by atoms with Gasteiger partial charge in [-0.3, -0.25) is 4.98 Å². The molecule has 0 aliphatic carbocycles. The zero-order valence-corrected chi connectivity index (χ0v) is 12.8. The highest BCUT2D eigenvalue weighted by Gasteiger charge is 2.06. The van der Waals surface area contributed by atoms with Gasteiger partial charge in [0.2, 0.25) is 0 Å². The number of ether oxygens (including phenoxy) is 2. The van der Waals surface area contributed by atoms with Gasteiger partial charge in [0.05, 0.1) is 7.11 Å². The lowest BCUT2D eigenvalue weighted by Crippen LogP contribution is -2.15. The van der Waals surface area contributed by atoms with Crippen molar-refractivity contribution in [3.63, 3.8) is 0 Å². The zero-order chi connectivity index (χ0) is 15.6. The van der Waals surface area contributed by atoms with Crippen LogP contribution in [0.15, 0.2) is 42.7 Å². The van der Waals surface area contributed by atoms with Crippen LogP contribution in [0.1, 0.15) is 17.5 Å². The number of pyridine rings is 1. The largest absolute Gasteiger partial charge is 0.493 e. The van der Waals surface area contributed by atoms with Crippen LogP contribution < -0.4 is 14.8 Å². The van der Waals surface area contributed by atoms with Gasteiger partial charge in [-0.1, -0.05) is 12.1 Å². The summed E-state index contributed by atoms with van der Waals surface area (Å²) in [5.41, 5.74) is 2.12. The Morgan fingerprint density at radius 1 is 1.18 bits per heavy atom. The summed E-state index contributed by atoms with van der Waals surface area (Å²) in [7, 11) is 1.63. The summed E-state index contributed by atoms with van der Waals surface area (Å²) in [6.45, 7) is 2.17. The molecule has 2 rings (SSSR count). The van der Waals surface area contributed by atoms with Crippen LogP contribution in [0.2, 0.25) is 0 Å². The smallest absolute Gasteiger partial charge is 0.161 e. The molecule has 1 aromatic carbocycles. The average Bonchev–Trinajstić information content (AvgIpc) is 2.58. The summed E-state index contributed by atoms with van der Waals surface area (Å²) < 4.78 is 11.2. The number of aliphatic hydroxyl groups is 1. The maximum atomic E-state index is 8.77. The van der Waals surface area contributed by atoms with Crippen molar-refractivity contribution < 1.29 is 14.6 Å². The molecular formula is C17H22N2O3. The van der Waals surface area contributed by atoms with Crippen molar-refractivity contribution in [2.75, 3.05) is 20.3 Å². The second-order valence-electron chi connectivity index (χ2n) is 4.89. The molecule has 2 aromatic rings. The van der Waals surface area contributed by atoms with Gasteiger partial charge in [0.15, 0.2) is 11.5 Å². The Labute approximate surface area is 130 Å². The third-order valence-electron chi connectivity index (χ3n) is 3.19. The maximum absolute atomic E-state index is 8.77. The van der Waals surface area contributed by atoms with Crippen LogP contribution in [0, 0.1) is 0 Å². The van der Waals surface area contributed by atoms with Crippen molar-refractivity contribution in [2.45, 2.75) is 19.6 Å². The molecule has 0 fully saturated rings. The Kier molecular flexibility index (Phi) is 6.67. The van der Waals surface area contributed by atoms with Crippen LogP contribution in [0.25, 0.3) is 0 Å². The topological polar surface area (TPSA) is 63.6 Å². The van der Waals surface area contributed by atoms with Crippen LogP contribution in [-0.2, 0) is 13.2 Å². The predicted molar refractivity (Wildman–Crippen MR) is 85.0 cm³/mol. The van der Waals surface area contributed by atoms with Crippen molar-refractivity contribution in [1.29, 1.82) is 0 Å². The van der Waals surface area contributed by atoms with E-state index in [9.17, 15) is 0 Å². The summed E-state index contributed by atoms with van der Waals surface area (Å²) in [5.74, 6) is 1.43. The summed E-state index contributed by atoms with van der Waals surface area (Å²) in [6.07, 6.45) is 4.27. The van der Waals surface area contributed by atoms with E-state index in [1.807, 2.05) is 30.3 Å². The van der Waals surface area contributed by atoms with E-state index in [4.69, 9.17) is 14.6 Å². The van der Waals surface area contributed by atoms with Crippen molar-refractivity contribution in [3.8, 4) is 11.5 Å². The van der Waals surface area contributed by atoms with E-state index in [2.05, 4.69) is 10.3 Å². The van der Waals surface area contributed by atoms with Crippen LogP contribution in [0.3, 0.4) is 0 Å². The van der Waals surface area contributed by atoms with Gasteiger partial charge in [-0.2, -0.15) is 0 Å². The Hall–Kier alpha value is -2.11. The molecule has 0 saturated carbocycles. The van der Waals surface area contributed by atoms with Crippen LogP contribution in [-0.4, -0.2) is 30.4 Å². The SMILES string of the molecule is COc1ccc(CNCCCO)cc1OCc1cccnc1. The fourth-order valence-corrected chi connectivity index (χ4v) is 2.03. The lowest BCUT2D eigenvalue weighted by atomic mass is 10.2. The number of hydrogen-bond donors (Lipinski definition) is 2. The number of nitrogens with zero attached hydrogens (tertiary/aromatic N) is 1. The number of aliphatic hydroxyl groups excluding tert-OH is 1. The highest BCUT2D eigenvalue weighted by Crippen LogP contribution is 2.28. The molecule has 1 heterocycles. The highest BCUT2D eigenvalue weighted by atomic mass is 16.5. The fraction of sp³-hybridized carbons (Fsp3) is 0.353. The molecule has 0 aliphatic rings. The van der Waals surface area contributed by atoms with Crippen LogP contribution in [0.4, 0.5) is 0 Å². The molecule has 1 aromatic heterocycles. The van der Waals surface area contributed by atoms with Crippen LogP contribution in [0.5, 0.6) is 11.5 Å². The molecule has 0 bridgehead atoms. The molecule has 22 heavy (non-hydrogen) atoms. The maximum Gasteiger partial charge on any atom is 0.161 e. The molecular weight excluding hydrogens is 280 g/mol. The molecule has 0 saturated heterocycles. The van der Waals surface area contributed by atoms with Crippen molar-refractivity contribution >= 4 is 0 Å². The van der Waals surface area contributed by atoms with Gasteiger partial charge in [-0.05, 0) is 36.7 Å². The van der Waals surface area contributed by atoms with Gasteiger partial charge in [0.25, 0.3) is 0 Å². The summed E-state index contributed by atoms with van der Waals surface area (Å²) in [5, 5.41) is 12.0. The van der Waals surface area contributed by atoms with E-state index in [1.165, 1.54) is 0 Å². The Balaban J connectivity index is 1.98. The number of nitrogens with one attached hydrogen (secondary N) is 1. The third-order valence-corrected chi connectivity index (χ3v) is 3.19. The summed E-state index contributed by atoms with van der Waals surface area (Å²) >= 11 is 0. The molecule has 0 radical (unpaired) electrons. The highest BCUT2D eigenvalue weighted by molar-refractivity contribution is 5.43. The second-order valence-corrected chi connectivity index (χ2v) is 4.89. The van der Waals surface area contributed by atoms with Gasteiger partial charge >= 0.3 is 0 Å². The Morgan fingerprint density at radius 3 is 2.82 bits per heavy atom. The van der Waals surface area contributed by atoms with Gasteiger partial charge in [-0.15, -0.1) is 0 Å². The van der Waals surface area contributed by atoms with Crippen LogP contribution >= 0.6 is 0 Å². The first-order valence-electron chi connectivity index (χ1n) is 7.33. The van der Waals surface area contributed by atoms with E-state index < -0.39 is 0 Å². The number of hydrogen-bond acceptors (Lipinski definition) is 5. The van der Waals surface area contributed by atoms with Gasteiger partial charge in [0.1, 0.15) is 6.61 Å². The first-order chi connectivity index (χ1) is 10.8. The molecule has 0 amide bonds. The molecule has 0 unspecified atom stereocenters. The van der Waals surface area contributed by atoms with E-state index in [0.29, 0.717) is 18.1 Å². The Bertz CT molecular complexity index is 561. The lowest BCUT2D eigenvalue weighted by Gasteiger charge is -2.13. The molecule has 5 heteroatoms. The second kappa shape index (κ2) is 9.02. The van der Waals surface area contributed by atoms with E-state index in [-0.39, 0.29) is 6.61 Å². The molecule has 2 N–H and O–H groups in total. The standard InChI is InChI=1S/C17H22N2O3/c1-21-16-6-5-14(11-19-8-3-9-20)10-17(16)22-13-15-4-2-7-18-12-15/h2,4-7,10,12,19-20H,3,8-9,11,13H2,1H3. The minimum Gasteiger partial charge on any atom is -0.493 e. The Morgan fingerprint density at radius 2 is 2.09 bits per heavy atom. The molecule has 5 nitrogen and oxygen atoms in total. The van der Waals surface area contributed by atoms with E-state index in [0.717, 1.165) is 30.6 Å².